The van der Waals surface area contributed by atoms with Crippen LogP contribution in [-0.2, 0) is 11.3 Å². The minimum Gasteiger partial charge on any atom is -0.490 e. The van der Waals surface area contributed by atoms with Gasteiger partial charge in [0.05, 0.1) is 24.4 Å². The van der Waals surface area contributed by atoms with Crippen molar-refractivity contribution in [2.75, 3.05) is 45.5 Å². The second-order valence-corrected chi connectivity index (χ2v) is 11.3. The van der Waals surface area contributed by atoms with E-state index < -0.39 is 11.7 Å². The normalized spacial score (nSPS) is 15.7. The van der Waals surface area contributed by atoms with Crippen LogP contribution in [0.2, 0.25) is 0 Å². The van der Waals surface area contributed by atoms with Gasteiger partial charge in [-0.2, -0.15) is 0 Å². The van der Waals surface area contributed by atoms with Crippen LogP contribution < -0.4 is 29.6 Å². The molecule has 11 heteroatoms. The Hall–Kier alpha value is -3.99. The van der Waals surface area contributed by atoms with Crippen molar-refractivity contribution in [1.29, 1.82) is 0 Å². The SMILES string of the molecule is CN1CCCCCOc2cc3c(ncnc3cc2OCCCNC(=O)OC(C)(C)C)Nc2c(ccc3c2OCO3)C1. The van der Waals surface area contributed by atoms with E-state index in [1.807, 2.05) is 39.0 Å². The zero-order valence-corrected chi connectivity index (χ0v) is 24.2. The molecular weight excluding hydrogens is 526 g/mol. The lowest BCUT2D eigenvalue weighted by Gasteiger charge is -2.20. The summed E-state index contributed by atoms with van der Waals surface area (Å²) in [5.41, 5.74) is 2.10. The molecule has 0 radical (unpaired) electrons. The fraction of sp³-hybridized carbons (Fsp3) is 0.500. The number of fused-ring (bicyclic) bond motifs is 4. The Morgan fingerprint density at radius 1 is 1.10 bits per heavy atom. The number of hydrogen-bond acceptors (Lipinski definition) is 10. The van der Waals surface area contributed by atoms with E-state index in [1.54, 1.807) is 0 Å². The minimum atomic E-state index is -0.538. The summed E-state index contributed by atoms with van der Waals surface area (Å²) in [5, 5.41) is 7.08. The van der Waals surface area contributed by atoms with Gasteiger partial charge >= 0.3 is 6.09 Å². The average molecular weight is 566 g/mol. The van der Waals surface area contributed by atoms with E-state index in [-0.39, 0.29) is 6.79 Å². The van der Waals surface area contributed by atoms with E-state index >= 15 is 0 Å². The first-order valence-electron chi connectivity index (χ1n) is 14.1. The topological polar surface area (TPSA) is 116 Å². The molecule has 0 spiro atoms. The number of aromatic nitrogens is 2. The zero-order valence-electron chi connectivity index (χ0n) is 24.2. The monoisotopic (exact) mass is 565 g/mol. The quantitative estimate of drug-likeness (QED) is 0.390. The number of nitrogens with zero attached hydrogens (tertiary/aromatic N) is 3. The molecule has 0 saturated heterocycles. The molecule has 0 atom stereocenters. The van der Waals surface area contributed by atoms with Gasteiger partial charge in [-0.05, 0) is 77.7 Å². The van der Waals surface area contributed by atoms with Gasteiger partial charge in [0.25, 0.3) is 0 Å². The van der Waals surface area contributed by atoms with Crippen molar-refractivity contribution < 1.29 is 28.5 Å². The molecule has 2 N–H and O–H groups in total. The van der Waals surface area contributed by atoms with E-state index in [0.29, 0.717) is 60.5 Å². The fourth-order valence-corrected chi connectivity index (χ4v) is 4.76. The van der Waals surface area contributed by atoms with Crippen molar-refractivity contribution in [3.63, 3.8) is 0 Å². The Labute approximate surface area is 240 Å². The molecule has 0 fully saturated rings. The van der Waals surface area contributed by atoms with Crippen LogP contribution in [0, 0.1) is 0 Å². The summed E-state index contributed by atoms with van der Waals surface area (Å²) >= 11 is 0. The van der Waals surface area contributed by atoms with Crippen molar-refractivity contribution in [3.05, 3.63) is 36.2 Å². The number of anilines is 2. The maximum absolute atomic E-state index is 11.9. The highest BCUT2D eigenvalue weighted by molar-refractivity contribution is 5.94. The van der Waals surface area contributed by atoms with Gasteiger partial charge in [0, 0.05) is 24.5 Å². The van der Waals surface area contributed by atoms with Crippen LogP contribution >= 0.6 is 0 Å². The van der Waals surface area contributed by atoms with Crippen molar-refractivity contribution >= 4 is 28.5 Å². The van der Waals surface area contributed by atoms with Crippen molar-refractivity contribution in [3.8, 4) is 23.0 Å². The molecule has 41 heavy (non-hydrogen) atoms. The van der Waals surface area contributed by atoms with Crippen LogP contribution in [-0.4, -0.2) is 66.7 Å². The number of amides is 1. The van der Waals surface area contributed by atoms with E-state index in [2.05, 4.69) is 38.6 Å². The second-order valence-electron chi connectivity index (χ2n) is 11.3. The molecule has 3 heterocycles. The Morgan fingerprint density at radius 3 is 2.83 bits per heavy atom. The van der Waals surface area contributed by atoms with Crippen LogP contribution in [0.1, 0.15) is 52.0 Å². The molecule has 1 aromatic heterocycles. The number of benzene rings is 2. The number of alkyl carbamates (subject to hydrolysis) is 1. The third-order valence-corrected chi connectivity index (χ3v) is 6.70. The van der Waals surface area contributed by atoms with Gasteiger partial charge < -0.3 is 39.2 Å². The van der Waals surface area contributed by atoms with Gasteiger partial charge in [-0.3, -0.25) is 0 Å². The number of carbonyl (C=O) groups excluding carboxylic acids is 1. The first kappa shape index (κ1) is 28.5. The van der Waals surface area contributed by atoms with E-state index in [9.17, 15) is 4.79 Å². The summed E-state index contributed by atoms with van der Waals surface area (Å²) in [5.74, 6) is 3.25. The van der Waals surface area contributed by atoms with Crippen LogP contribution in [0.4, 0.5) is 16.3 Å². The maximum atomic E-state index is 11.9. The second kappa shape index (κ2) is 12.7. The Morgan fingerprint density at radius 2 is 1.98 bits per heavy atom. The molecule has 11 nitrogen and oxygen atoms in total. The van der Waals surface area contributed by atoms with Gasteiger partial charge in [-0.25, -0.2) is 14.8 Å². The predicted octanol–water partition coefficient (Wildman–Crippen LogP) is 5.39. The molecule has 2 aliphatic rings. The Kier molecular flexibility index (Phi) is 8.82. The van der Waals surface area contributed by atoms with Gasteiger partial charge in [-0.1, -0.05) is 6.07 Å². The standard InChI is InChI=1S/C30H39N5O6/c1-30(2,3)41-29(36)31-11-8-14-38-25-16-22-21-15-24(25)37-13-7-5-6-12-35(4)17-20-9-10-23-27(40-19-39-23)26(20)34-28(21)33-18-32-22/h9-10,15-16,18H,5-8,11-14,17,19H2,1-4H3,(H,31,36)(H,32,33,34). The lowest BCUT2D eigenvalue weighted by atomic mass is 10.1. The third kappa shape index (κ3) is 7.40. The van der Waals surface area contributed by atoms with Crippen molar-refractivity contribution in [2.24, 2.45) is 0 Å². The molecule has 5 rings (SSSR count). The average Bonchev–Trinajstić information content (AvgIpc) is 3.39. The molecular formula is C30H39N5O6. The lowest BCUT2D eigenvalue weighted by Crippen LogP contribution is -2.33. The summed E-state index contributed by atoms with van der Waals surface area (Å²) < 4.78 is 29.2. The zero-order chi connectivity index (χ0) is 28.8. The largest absolute Gasteiger partial charge is 0.490 e. The van der Waals surface area contributed by atoms with Gasteiger partial charge in [0.2, 0.25) is 6.79 Å². The third-order valence-electron chi connectivity index (χ3n) is 6.70. The lowest BCUT2D eigenvalue weighted by molar-refractivity contribution is 0.0525. The minimum absolute atomic E-state index is 0.180. The maximum Gasteiger partial charge on any atom is 0.407 e. The number of nitrogens with one attached hydrogen (secondary N) is 2. The summed E-state index contributed by atoms with van der Waals surface area (Å²) in [6.45, 7) is 8.79. The molecule has 1 amide bonds. The van der Waals surface area contributed by atoms with E-state index in [4.69, 9.17) is 23.7 Å². The highest BCUT2D eigenvalue weighted by Crippen LogP contribution is 2.44. The highest BCUT2D eigenvalue weighted by atomic mass is 16.7. The van der Waals surface area contributed by atoms with Crippen molar-refractivity contribution in [1.82, 2.24) is 20.2 Å². The van der Waals surface area contributed by atoms with Gasteiger partial charge in [0.1, 0.15) is 17.7 Å². The van der Waals surface area contributed by atoms with Gasteiger partial charge in [-0.15, -0.1) is 0 Å². The number of carbonyl (C=O) groups is 1. The van der Waals surface area contributed by atoms with Gasteiger partial charge in [0.15, 0.2) is 23.0 Å². The molecule has 0 aliphatic carbocycles. The van der Waals surface area contributed by atoms with Crippen molar-refractivity contribution in [2.45, 2.75) is 58.6 Å². The molecule has 2 aromatic carbocycles. The molecule has 3 aromatic rings. The predicted molar refractivity (Wildman–Crippen MR) is 155 cm³/mol. The number of ether oxygens (including phenoxy) is 5. The Bertz CT molecular complexity index is 1380. The number of hydrogen-bond donors (Lipinski definition) is 2. The summed E-state index contributed by atoms with van der Waals surface area (Å²) in [7, 11) is 2.13. The molecule has 2 bridgehead atoms. The Balaban J connectivity index is 1.39. The first-order valence-corrected chi connectivity index (χ1v) is 14.1. The molecule has 0 unspecified atom stereocenters. The van der Waals surface area contributed by atoms with Crippen LogP contribution in [0.5, 0.6) is 23.0 Å². The highest BCUT2D eigenvalue weighted by Gasteiger charge is 2.23. The van der Waals surface area contributed by atoms with Crippen LogP contribution in [0.3, 0.4) is 0 Å². The molecule has 2 aliphatic heterocycles. The summed E-state index contributed by atoms with van der Waals surface area (Å²) in [6, 6.07) is 7.84. The number of rotatable bonds is 5. The van der Waals surface area contributed by atoms with Crippen LogP contribution in [0.15, 0.2) is 30.6 Å². The van der Waals surface area contributed by atoms with E-state index in [0.717, 1.165) is 49.0 Å². The molecule has 0 saturated carbocycles. The van der Waals surface area contributed by atoms with E-state index in [1.165, 1.54) is 6.33 Å². The summed E-state index contributed by atoms with van der Waals surface area (Å²) in [4.78, 5) is 23.3. The molecule has 220 valence electrons. The van der Waals surface area contributed by atoms with Crippen LogP contribution in [0.25, 0.3) is 10.9 Å². The first-order chi connectivity index (χ1) is 19.8. The summed E-state index contributed by atoms with van der Waals surface area (Å²) in [6.07, 6.45) is 4.72. The fourth-order valence-electron chi connectivity index (χ4n) is 4.76. The smallest absolute Gasteiger partial charge is 0.407 e.